The van der Waals surface area contributed by atoms with Gasteiger partial charge in [0.1, 0.15) is 22.6 Å². The van der Waals surface area contributed by atoms with Crippen LogP contribution in [0.4, 0.5) is 0 Å². The lowest BCUT2D eigenvalue weighted by atomic mass is 10.2. The van der Waals surface area contributed by atoms with Crippen molar-refractivity contribution < 1.29 is 22.4 Å². The fourth-order valence-corrected chi connectivity index (χ4v) is 5.39. The van der Waals surface area contributed by atoms with E-state index in [1.54, 1.807) is 42.5 Å². The Kier molecular flexibility index (Phi) is 6.80. The number of benzene rings is 2. The maximum absolute atomic E-state index is 13.0. The molecule has 1 atom stereocenters. The van der Waals surface area contributed by atoms with E-state index in [4.69, 9.17) is 4.42 Å². The highest BCUT2D eigenvalue weighted by Crippen LogP contribution is 2.25. The minimum Gasteiger partial charge on any atom is -0.457 e. The van der Waals surface area contributed by atoms with Gasteiger partial charge in [0, 0.05) is 21.7 Å². The first-order valence-electron chi connectivity index (χ1n) is 10.3. The zero-order chi connectivity index (χ0) is 23.4. The summed E-state index contributed by atoms with van der Waals surface area (Å²) in [5.41, 5.74) is 1.09. The summed E-state index contributed by atoms with van der Waals surface area (Å²) in [5.74, 6) is -0.244. The summed E-state index contributed by atoms with van der Waals surface area (Å²) >= 11 is 3.39. The van der Waals surface area contributed by atoms with Gasteiger partial charge in [-0.2, -0.15) is 0 Å². The molecular formula is C24H21BrN2O5S. The monoisotopic (exact) mass is 528 g/mol. The van der Waals surface area contributed by atoms with Crippen LogP contribution in [0.3, 0.4) is 0 Å². The van der Waals surface area contributed by atoms with Crippen LogP contribution < -0.4 is 10.6 Å². The van der Waals surface area contributed by atoms with E-state index in [-0.39, 0.29) is 11.4 Å². The van der Waals surface area contributed by atoms with Gasteiger partial charge in [-0.05, 0) is 49.2 Å². The molecule has 2 heterocycles. The molecule has 1 saturated heterocycles. The number of halogens is 1. The van der Waals surface area contributed by atoms with Gasteiger partial charge < -0.3 is 15.1 Å². The second-order valence-electron chi connectivity index (χ2n) is 7.56. The van der Waals surface area contributed by atoms with E-state index in [1.165, 1.54) is 6.08 Å². The fraction of sp³-hybridized carbons (Fsp3) is 0.167. The lowest BCUT2D eigenvalue weighted by Gasteiger charge is -2.15. The number of hydrogen-bond donors (Lipinski definition) is 2. The lowest BCUT2D eigenvalue weighted by Crippen LogP contribution is -2.42. The van der Waals surface area contributed by atoms with E-state index in [0.29, 0.717) is 29.9 Å². The number of sulfone groups is 1. The van der Waals surface area contributed by atoms with Gasteiger partial charge in [-0.3, -0.25) is 9.59 Å². The van der Waals surface area contributed by atoms with E-state index >= 15 is 0 Å². The average Bonchev–Trinajstić information content (AvgIpc) is 3.40. The Morgan fingerprint density at radius 2 is 1.73 bits per heavy atom. The predicted molar refractivity (Wildman–Crippen MR) is 129 cm³/mol. The number of carbonyl (C=O) groups is 2. The van der Waals surface area contributed by atoms with Gasteiger partial charge in [0.15, 0.2) is 9.84 Å². The number of furan rings is 1. The van der Waals surface area contributed by atoms with Crippen LogP contribution in [0.1, 0.15) is 29.0 Å². The van der Waals surface area contributed by atoms with Crippen LogP contribution in [-0.2, 0) is 14.6 Å². The van der Waals surface area contributed by atoms with Crippen molar-refractivity contribution in [2.45, 2.75) is 18.2 Å². The van der Waals surface area contributed by atoms with Gasteiger partial charge in [-0.1, -0.05) is 46.3 Å². The molecular weight excluding hydrogens is 508 g/mol. The molecule has 2 aromatic carbocycles. The first-order valence-corrected chi connectivity index (χ1v) is 12.8. The van der Waals surface area contributed by atoms with Crippen LogP contribution in [0.2, 0.25) is 0 Å². The summed E-state index contributed by atoms with van der Waals surface area (Å²) in [5, 5.41) is 4.15. The summed E-state index contributed by atoms with van der Waals surface area (Å²) in [6.07, 6.45) is 2.21. The van der Waals surface area contributed by atoms with Crippen LogP contribution in [0.5, 0.6) is 0 Å². The van der Waals surface area contributed by atoms with Gasteiger partial charge in [0.05, 0.1) is 5.75 Å². The van der Waals surface area contributed by atoms with Crippen LogP contribution in [-0.4, -0.2) is 31.4 Å². The predicted octanol–water partition coefficient (Wildman–Crippen LogP) is 4.13. The summed E-state index contributed by atoms with van der Waals surface area (Å²) in [4.78, 5) is 25.7. The molecule has 33 heavy (non-hydrogen) atoms. The first-order chi connectivity index (χ1) is 15.8. The van der Waals surface area contributed by atoms with Crippen molar-refractivity contribution in [3.63, 3.8) is 0 Å². The highest BCUT2D eigenvalue weighted by molar-refractivity contribution is 9.10. The Morgan fingerprint density at radius 3 is 2.39 bits per heavy atom. The molecule has 1 aliphatic rings. The summed E-state index contributed by atoms with van der Waals surface area (Å²) in [7, 11) is -3.40. The van der Waals surface area contributed by atoms with Crippen LogP contribution >= 0.6 is 15.9 Å². The summed E-state index contributed by atoms with van der Waals surface area (Å²) < 4.78 is 31.1. The largest absolute Gasteiger partial charge is 0.457 e. The quantitative estimate of drug-likeness (QED) is 0.468. The van der Waals surface area contributed by atoms with Gasteiger partial charge in [-0.15, -0.1) is 0 Å². The van der Waals surface area contributed by atoms with Crippen LogP contribution in [0.15, 0.2) is 81.3 Å². The molecule has 3 aromatic rings. The number of nitrogens with one attached hydrogen (secondary N) is 2. The summed E-state index contributed by atoms with van der Waals surface area (Å²) in [6, 6.07) is 19.4. The first kappa shape index (κ1) is 23.0. The summed E-state index contributed by atoms with van der Waals surface area (Å²) in [6.45, 7) is 0. The molecule has 0 bridgehead atoms. The smallest absolute Gasteiger partial charge is 0.268 e. The zero-order valence-electron chi connectivity index (χ0n) is 17.5. The standard InChI is InChI=1S/C24H21BrN2O5S/c25-18-10-8-16(9-11-18)21-13-12-19(32-21)15-20(26-23(28)17-5-2-1-3-6-17)24(29)27-22-7-4-14-33(22,30)31/h1-3,5-6,8-13,15,22H,4,7,14H2,(H,26,28)(H,27,29)/b20-15-/t22-/m0/s1. The third kappa shape index (κ3) is 5.61. The molecule has 170 valence electrons. The van der Waals surface area contributed by atoms with Crippen molar-refractivity contribution in [2.75, 3.05) is 5.75 Å². The number of hydrogen-bond acceptors (Lipinski definition) is 5. The Bertz CT molecular complexity index is 1300. The van der Waals surface area contributed by atoms with E-state index in [1.807, 2.05) is 24.3 Å². The topological polar surface area (TPSA) is 105 Å². The average molecular weight is 529 g/mol. The van der Waals surface area contributed by atoms with Crippen molar-refractivity contribution in [1.82, 2.24) is 10.6 Å². The SMILES string of the molecule is O=C(N[C@@H]1CCCS1(=O)=O)/C(=C/c1ccc(-c2ccc(Br)cc2)o1)NC(=O)c1ccccc1. The van der Waals surface area contributed by atoms with Crippen molar-refractivity contribution in [2.24, 2.45) is 0 Å². The van der Waals surface area contributed by atoms with Gasteiger partial charge in [0.25, 0.3) is 11.8 Å². The van der Waals surface area contributed by atoms with Crippen molar-refractivity contribution in [1.29, 1.82) is 0 Å². The normalized spacial score (nSPS) is 17.5. The van der Waals surface area contributed by atoms with Crippen LogP contribution in [0, 0.1) is 0 Å². The molecule has 1 aromatic heterocycles. The Morgan fingerprint density at radius 1 is 1.00 bits per heavy atom. The molecule has 4 rings (SSSR count). The molecule has 7 nitrogen and oxygen atoms in total. The van der Waals surface area contributed by atoms with Gasteiger partial charge in [-0.25, -0.2) is 8.42 Å². The Labute approximate surface area is 199 Å². The number of carbonyl (C=O) groups excluding carboxylic acids is 2. The van der Waals surface area contributed by atoms with E-state index in [2.05, 4.69) is 26.6 Å². The minimum atomic E-state index is -3.40. The molecule has 2 amide bonds. The number of rotatable bonds is 6. The van der Waals surface area contributed by atoms with Gasteiger partial charge in [0.2, 0.25) is 0 Å². The molecule has 0 radical (unpaired) electrons. The minimum absolute atomic E-state index is 0.0299. The van der Waals surface area contributed by atoms with E-state index in [0.717, 1.165) is 10.0 Å². The maximum atomic E-state index is 13.0. The molecule has 2 N–H and O–H groups in total. The molecule has 9 heteroatoms. The Balaban J connectivity index is 1.61. The number of amides is 2. The molecule has 1 fully saturated rings. The highest BCUT2D eigenvalue weighted by Gasteiger charge is 2.33. The fourth-order valence-electron chi connectivity index (χ4n) is 3.46. The molecule has 0 unspecified atom stereocenters. The second kappa shape index (κ2) is 9.76. The van der Waals surface area contributed by atoms with Crippen molar-refractivity contribution in [3.05, 3.63) is 88.2 Å². The zero-order valence-corrected chi connectivity index (χ0v) is 19.9. The Hall–Kier alpha value is -3.17. The maximum Gasteiger partial charge on any atom is 0.268 e. The lowest BCUT2D eigenvalue weighted by molar-refractivity contribution is -0.118. The van der Waals surface area contributed by atoms with Gasteiger partial charge >= 0.3 is 0 Å². The molecule has 0 aliphatic carbocycles. The van der Waals surface area contributed by atoms with Crippen LogP contribution in [0.25, 0.3) is 17.4 Å². The third-order valence-corrected chi connectivity index (χ3v) is 7.80. The molecule has 0 saturated carbocycles. The van der Waals surface area contributed by atoms with Crippen molar-refractivity contribution >= 4 is 43.7 Å². The molecule has 1 aliphatic heterocycles. The molecule has 0 spiro atoms. The second-order valence-corrected chi connectivity index (χ2v) is 10.8. The van der Waals surface area contributed by atoms with Crippen molar-refractivity contribution in [3.8, 4) is 11.3 Å². The third-order valence-electron chi connectivity index (χ3n) is 5.19. The van der Waals surface area contributed by atoms with E-state index in [9.17, 15) is 18.0 Å². The highest BCUT2D eigenvalue weighted by atomic mass is 79.9. The van der Waals surface area contributed by atoms with E-state index < -0.39 is 27.0 Å².